The monoisotopic (exact) mass is 476 g/mol. The Balaban J connectivity index is 1.31. The molecule has 1 aliphatic heterocycles. The molecule has 34 heavy (non-hydrogen) atoms. The van der Waals surface area contributed by atoms with Crippen LogP contribution in [0.1, 0.15) is 24.8 Å². The summed E-state index contributed by atoms with van der Waals surface area (Å²) in [5, 5.41) is 8.51. The summed E-state index contributed by atoms with van der Waals surface area (Å²) < 4.78 is 27.5. The zero-order chi connectivity index (χ0) is 24.0. The van der Waals surface area contributed by atoms with E-state index in [1.807, 2.05) is 30.3 Å². The zero-order valence-electron chi connectivity index (χ0n) is 18.3. The molecule has 0 spiro atoms. The fraction of sp³-hybridized carbons (Fsp3) is 0.160. The van der Waals surface area contributed by atoms with Gasteiger partial charge in [-0.25, -0.2) is 13.4 Å². The van der Waals surface area contributed by atoms with Crippen molar-refractivity contribution in [1.82, 2.24) is 5.01 Å². The molecule has 174 valence electrons. The van der Waals surface area contributed by atoms with Crippen molar-refractivity contribution < 1.29 is 18.0 Å². The number of benzene rings is 3. The predicted molar refractivity (Wildman–Crippen MR) is 131 cm³/mol. The number of carbonyl (C=O) groups is 2. The van der Waals surface area contributed by atoms with Crippen molar-refractivity contribution in [1.29, 1.82) is 0 Å². The third-order valence-corrected chi connectivity index (χ3v) is 6.61. The molecule has 0 fully saturated rings. The summed E-state index contributed by atoms with van der Waals surface area (Å²) in [5.41, 5.74) is 2.58. The summed E-state index contributed by atoms with van der Waals surface area (Å²) in [5.74, 6) is -0.562. The van der Waals surface area contributed by atoms with Crippen LogP contribution in [0.25, 0.3) is 0 Å². The summed E-state index contributed by atoms with van der Waals surface area (Å²) in [6.07, 6.45) is 0.691. The molecular weight excluding hydrogens is 452 g/mol. The number of nitrogens with one attached hydrogen (secondary N) is 2. The molecule has 3 aromatic carbocycles. The van der Waals surface area contributed by atoms with Gasteiger partial charge in [0.05, 0.1) is 22.8 Å². The topological polar surface area (TPSA) is 108 Å². The van der Waals surface area contributed by atoms with Crippen LogP contribution in [0.3, 0.4) is 0 Å². The first-order valence-electron chi connectivity index (χ1n) is 10.8. The fourth-order valence-corrected chi connectivity index (χ4v) is 4.59. The highest BCUT2D eigenvalue weighted by Crippen LogP contribution is 2.20. The molecule has 0 saturated carbocycles. The lowest BCUT2D eigenvalue weighted by Crippen LogP contribution is -2.25. The van der Waals surface area contributed by atoms with Crippen LogP contribution >= 0.6 is 0 Å². The van der Waals surface area contributed by atoms with Crippen LogP contribution in [0.5, 0.6) is 0 Å². The van der Waals surface area contributed by atoms with Crippen molar-refractivity contribution in [2.75, 3.05) is 16.6 Å². The van der Waals surface area contributed by atoms with Gasteiger partial charge in [0, 0.05) is 24.9 Å². The average Bonchev–Trinajstić information content (AvgIpc) is 3.34. The van der Waals surface area contributed by atoms with Gasteiger partial charge in [0.2, 0.25) is 11.8 Å². The molecule has 3 aromatic rings. The number of carbonyl (C=O) groups excluding carboxylic acids is 2. The number of amides is 2. The second-order valence-corrected chi connectivity index (χ2v) is 9.41. The van der Waals surface area contributed by atoms with E-state index < -0.39 is 10.0 Å². The van der Waals surface area contributed by atoms with E-state index >= 15 is 0 Å². The molecule has 0 unspecified atom stereocenters. The summed E-state index contributed by atoms with van der Waals surface area (Å²) in [6, 6.07) is 24.1. The van der Waals surface area contributed by atoms with E-state index in [9.17, 15) is 18.0 Å². The minimum Gasteiger partial charge on any atom is -0.326 e. The highest BCUT2D eigenvalue weighted by molar-refractivity contribution is 7.92. The molecule has 1 heterocycles. The van der Waals surface area contributed by atoms with E-state index in [2.05, 4.69) is 15.1 Å². The number of hydrogen-bond acceptors (Lipinski definition) is 5. The maximum atomic E-state index is 12.5. The summed E-state index contributed by atoms with van der Waals surface area (Å²) >= 11 is 0. The van der Waals surface area contributed by atoms with Crippen molar-refractivity contribution in [2.45, 2.75) is 24.2 Å². The number of anilines is 2. The molecule has 0 aliphatic carbocycles. The quantitative estimate of drug-likeness (QED) is 0.515. The van der Waals surface area contributed by atoms with E-state index in [0.29, 0.717) is 24.3 Å². The third kappa shape index (κ3) is 5.87. The molecular formula is C25H24N4O4S. The number of hydrogen-bond donors (Lipinski definition) is 2. The van der Waals surface area contributed by atoms with Crippen molar-refractivity contribution in [3.05, 3.63) is 90.5 Å². The van der Waals surface area contributed by atoms with Gasteiger partial charge >= 0.3 is 0 Å². The standard InChI is InChI=1S/C25H24N4O4S/c30-24(14-15-25(31)29-17-16-23(27-29)19-8-3-1-4-9-19)26-20-10-7-11-21(18-20)28-34(32,33)22-12-5-2-6-13-22/h1-13,18,28H,14-17H2,(H,26,30). The van der Waals surface area contributed by atoms with Gasteiger partial charge in [0.15, 0.2) is 0 Å². The van der Waals surface area contributed by atoms with Crippen LogP contribution in [0.4, 0.5) is 11.4 Å². The van der Waals surface area contributed by atoms with E-state index in [4.69, 9.17) is 0 Å². The first-order valence-corrected chi connectivity index (χ1v) is 12.3. The lowest BCUT2D eigenvalue weighted by atomic mass is 10.1. The van der Waals surface area contributed by atoms with Gasteiger partial charge < -0.3 is 5.32 Å². The van der Waals surface area contributed by atoms with Gasteiger partial charge in [-0.3, -0.25) is 14.3 Å². The Bertz CT molecular complexity index is 1310. The molecule has 1 aliphatic rings. The van der Waals surface area contributed by atoms with Gasteiger partial charge in [-0.05, 0) is 35.9 Å². The molecule has 2 N–H and O–H groups in total. The van der Waals surface area contributed by atoms with Gasteiger partial charge in [-0.2, -0.15) is 5.10 Å². The Kier molecular flexibility index (Phi) is 7.03. The Morgan fingerprint density at radius 1 is 0.853 bits per heavy atom. The predicted octanol–water partition coefficient (Wildman–Crippen LogP) is 3.84. The van der Waals surface area contributed by atoms with Gasteiger partial charge in [0.25, 0.3) is 10.0 Å². The lowest BCUT2D eigenvalue weighted by molar-refractivity contribution is -0.132. The average molecular weight is 477 g/mol. The van der Waals surface area contributed by atoms with E-state index in [0.717, 1.165) is 11.3 Å². The Hall–Kier alpha value is -3.98. The fourth-order valence-electron chi connectivity index (χ4n) is 3.52. The van der Waals surface area contributed by atoms with E-state index in [1.165, 1.54) is 23.2 Å². The van der Waals surface area contributed by atoms with Crippen molar-refractivity contribution in [2.24, 2.45) is 5.10 Å². The number of hydrazone groups is 1. The number of nitrogens with zero attached hydrogens (tertiary/aromatic N) is 2. The van der Waals surface area contributed by atoms with Gasteiger partial charge in [-0.1, -0.05) is 54.6 Å². The normalized spacial score (nSPS) is 13.3. The highest BCUT2D eigenvalue weighted by Gasteiger charge is 2.22. The van der Waals surface area contributed by atoms with E-state index in [1.54, 1.807) is 36.4 Å². The largest absolute Gasteiger partial charge is 0.326 e. The summed E-state index contributed by atoms with van der Waals surface area (Å²) in [4.78, 5) is 25.0. The van der Waals surface area contributed by atoms with Crippen molar-refractivity contribution in [3.8, 4) is 0 Å². The smallest absolute Gasteiger partial charge is 0.261 e. The first-order chi connectivity index (χ1) is 16.4. The first kappa shape index (κ1) is 23.2. The lowest BCUT2D eigenvalue weighted by Gasteiger charge is -2.12. The van der Waals surface area contributed by atoms with Crippen LogP contribution in [-0.4, -0.2) is 37.5 Å². The Morgan fingerprint density at radius 2 is 1.53 bits per heavy atom. The molecule has 9 heteroatoms. The minimum atomic E-state index is -3.74. The van der Waals surface area contributed by atoms with Crippen LogP contribution in [0.15, 0.2) is 94.9 Å². The van der Waals surface area contributed by atoms with Crippen molar-refractivity contribution >= 4 is 38.9 Å². The molecule has 8 nitrogen and oxygen atoms in total. The molecule has 0 saturated heterocycles. The third-order valence-electron chi connectivity index (χ3n) is 5.21. The van der Waals surface area contributed by atoms with Crippen molar-refractivity contribution in [3.63, 3.8) is 0 Å². The maximum absolute atomic E-state index is 12.5. The molecule has 2 amide bonds. The second-order valence-electron chi connectivity index (χ2n) is 7.73. The van der Waals surface area contributed by atoms with Gasteiger partial charge in [-0.15, -0.1) is 0 Å². The Morgan fingerprint density at radius 3 is 2.26 bits per heavy atom. The van der Waals surface area contributed by atoms with Crippen LogP contribution in [-0.2, 0) is 19.6 Å². The molecule has 0 aromatic heterocycles. The van der Waals surface area contributed by atoms with Crippen LogP contribution in [0.2, 0.25) is 0 Å². The molecule has 0 radical (unpaired) electrons. The summed E-state index contributed by atoms with van der Waals surface area (Å²) in [7, 11) is -3.74. The minimum absolute atomic E-state index is 0.00844. The maximum Gasteiger partial charge on any atom is 0.261 e. The second kappa shape index (κ2) is 10.3. The number of rotatable bonds is 8. The number of sulfonamides is 1. The van der Waals surface area contributed by atoms with Gasteiger partial charge in [0.1, 0.15) is 0 Å². The summed E-state index contributed by atoms with van der Waals surface area (Å²) in [6.45, 7) is 0.494. The van der Waals surface area contributed by atoms with Crippen LogP contribution < -0.4 is 10.0 Å². The molecule has 0 atom stereocenters. The zero-order valence-corrected chi connectivity index (χ0v) is 19.2. The molecule has 0 bridgehead atoms. The van der Waals surface area contributed by atoms with E-state index in [-0.39, 0.29) is 29.6 Å². The Labute approximate surface area is 198 Å². The highest BCUT2D eigenvalue weighted by atomic mass is 32.2. The molecule has 4 rings (SSSR count). The van der Waals surface area contributed by atoms with Crippen LogP contribution in [0, 0.1) is 0 Å². The SMILES string of the molecule is O=C(CCC(=O)N1CCC(c2ccccc2)=N1)Nc1cccc(NS(=O)(=O)c2ccccc2)c1.